The summed E-state index contributed by atoms with van der Waals surface area (Å²) in [6.45, 7) is 1.27. The molecule has 2 aromatic heterocycles. The van der Waals surface area contributed by atoms with E-state index in [0.29, 0.717) is 16.7 Å². The molecule has 3 aromatic rings. The molecule has 1 saturated heterocycles. The summed E-state index contributed by atoms with van der Waals surface area (Å²) in [6.07, 6.45) is -1.19. The van der Waals surface area contributed by atoms with Crippen LogP contribution < -0.4 is 10.5 Å². The number of hydrogen-bond acceptors (Lipinski definition) is 10. The molecular weight excluding hydrogens is 394 g/mol. The van der Waals surface area contributed by atoms with Crippen LogP contribution in [0.15, 0.2) is 30.9 Å². The zero-order chi connectivity index (χ0) is 21.6. The molecule has 1 unspecified atom stereocenters. The maximum Gasteiger partial charge on any atom is 0.183 e. The van der Waals surface area contributed by atoms with Crippen LogP contribution in [-0.4, -0.2) is 72.0 Å². The number of aliphatic hydroxyl groups excluding tert-OH is 3. The maximum absolute atomic E-state index is 11.1. The van der Waals surface area contributed by atoms with Gasteiger partial charge in [-0.25, -0.2) is 15.0 Å². The molecule has 0 spiro atoms. The number of imidazole rings is 1. The quantitative estimate of drug-likeness (QED) is 0.371. The van der Waals surface area contributed by atoms with E-state index < -0.39 is 36.6 Å². The van der Waals surface area contributed by atoms with Gasteiger partial charge in [-0.05, 0) is 17.7 Å². The molecular formula is C19H23N5O6. The largest absolute Gasteiger partial charge is 0.504 e. The Bertz CT molecular complexity index is 1070. The van der Waals surface area contributed by atoms with Crippen LogP contribution in [0.4, 0.5) is 5.82 Å². The van der Waals surface area contributed by atoms with Gasteiger partial charge in [0.05, 0.1) is 20.0 Å². The first-order chi connectivity index (χ1) is 14.3. The summed E-state index contributed by atoms with van der Waals surface area (Å²) in [5.74, 6) is -0.262. The van der Waals surface area contributed by atoms with Crippen LogP contribution in [0.1, 0.15) is 18.4 Å². The lowest BCUT2D eigenvalue weighted by Crippen LogP contribution is -2.49. The molecule has 1 aromatic carbocycles. The fourth-order valence-corrected chi connectivity index (χ4v) is 4.05. The van der Waals surface area contributed by atoms with Crippen molar-refractivity contribution in [3.8, 4) is 11.5 Å². The van der Waals surface area contributed by atoms with Crippen molar-refractivity contribution in [3.63, 3.8) is 0 Å². The topological polar surface area (TPSA) is 169 Å². The Hall–Kier alpha value is -2.99. The minimum atomic E-state index is -1.59. The highest BCUT2D eigenvalue weighted by molar-refractivity contribution is 5.81. The number of ether oxygens (including phenoxy) is 2. The molecule has 0 amide bonds. The van der Waals surface area contributed by atoms with Gasteiger partial charge in [0, 0.05) is 5.92 Å². The Balaban J connectivity index is 1.94. The van der Waals surface area contributed by atoms with Gasteiger partial charge in [0.25, 0.3) is 0 Å². The molecule has 0 bridgehead atoms. The number of aromatic nitrogens is 4. The number of benzene rings is 1. The molecule has 0 saturated carbocycles. The predicted octanol–water partition coefficient (Wildman–Crippen LogP) is -0.308. The zero-order valence-corrected chi connectivity index (χ0v) is 16.4. The summed E-state index contributed by atoms with van der Waals surface area (Å²) < 4.78 is 12.8. The van der Waals surface area contributed by atoms with Gasteiger partial charge in [0.1, 0.15) is 30.2 Å². The molecule has 6 N–H and O–H groups in total. The second-order valence-electron chi connectivity index (χ2n) is 7.22. The molecule has 1 aliphatic heterocycles. The summed E-state index contributed by atoms with van der Waals surface area (Å²) in [5, 5.41) is 41.3. The molecule has 0 aliphatic carbocycles. The van der Waals surface area contributed by atoms with Crippen LogP contribution >= 0.6 is 0 Å². The van der Waals surface area contributed by atoms with E-state index in [1.54, 1.807) is 19.1 Å². The fourth-order valence-electron chi connectivity index (χ4n) is 4.05. The van der Waals surface area contributed by atoms with E-state index in [0.717, 1.165) is 0 Å². The number of phenols is 1. The molecule has 4 rings (SSSR count). The van der Waals surface area contributed by atoms with Crippen molar-refractivity contribution in [1.29, 1.82) is 0 Å². The van der Waals surface area contributed by atoms with Crippen LogP contribution in [0.2, 0.25) is 0 Å². The Labute approximate surface area is 171 Å². The molecule has 30 heavy (non-hydrogen) atoms. The summed E-state index contributed by atoms with van der Waals surface area (Å²) >= 11 is 0. The third-order valence-corrected chi connectivity index (χ3v) is 5.71. The number of fused-ring (bicyclic) bond motifs is 1. The van der Waals surface area contributed by atoms with Crippen molar-refractivity contribution >= 4 is 17.0 Å². The summed E-state index contributed by atoms with van der Waals surface area (Å²) in [6, 6.07) is 4.73. The first-order valence-corrected chi connectivity index (χ1v) is 9.30. The first-order valence-electron chi connectivity index (χ1n) is 9.30. The van der Waals surface area contributed by atoms with E-state index in [1.807, 2.05) is 0 Å². The van der Waals surface area contributed by atoms with Gasteiger partial charge in [0.2, 0.25) is 0 Å². The zero-order valence-electron chi connectivity index (χ0n) is 16.4. The van der Waals surface area contributed by atoms with Crippen LogP contribution in [0.5, 0.6) is 11.5 Å². The molecule has 0 radical (unpaired) electrons. The van der Waals surface area contributed by atoms with Crippen LogP contribution in [0.3, 0.4) is 0 Å². The number of nitrogen functional groups attached to an aromatic ring is 1. The van der Waals surface area contributed by atoms with Crippen molar-refractivity contribution in [3.05, 3.63) is 36.4 Å². The average molecular weight is 417 g/mol. The third kappa shape index (κ3) is 2.78. The minimum Gasteiger partial charge on any atom is -0.504 e. The lowest BCUT2D eigenvalue weighted by atomic mass is 9.84. The van der Waals surface area contributed by atoms with E-state index in [4.69, 9.17) is 15.2 Å². The molecule has 1 aliphatic rings. The van der Waals surface area contributed by atoms with E-state index in [9.17, 15) is 20.4 Å². The predicted molar refractivity (Wildman–Crippen MR) is 105 cm³/mol. The Morgan fingerprint density at radius 2 is 2.07 bits per heavy atom. The summed E-state index contributed by atoms with van der Waals surface area (Å²) in [4.78, 5) is 12.4. The van der Waals surface area contributed by atoms with Gasteiger partial charge in [-0.3, -0.25) is 4.57 Å². The number of aliphatic hydroxyl groups is 3. The van der Waals surface area contributed by atoms with Gasteiger partial charge >= 0.3 is 0 Å². The van der Waals surface area contributed by atoms with Crippen LogP contribution in [0, 0.1) is 0 Å². The van der Waals surface area contributed by atoms with Crippen molar-refractivity contribution in [2.24, 2.45) is 0 Å². The van der Waals surface area contributed by atoms with Gasteiger partial charge in [-0.15, -0.1) is 0 Å². The smallest absolute Gasteiger partial charge is 0.183 e. The van der Waals surface area contributed by atoms with Crippen molar-refractivity contribution in [2.45, 2.75) is 36.9 Å². The number of hydrogen-bond donors (Lipinski definition) is 5. The molecule has 11 heteroatoms. The van der Waals surface area contributed by atoms with Gasteiger partial charge in [-0.1, -0.05) is 13.0 Å². The normalized spacial score (nSPS) is 27.4. The van der Waals surface area contributed by atoms with Crippen LogP contribution in [0.25, 0.3) is 11.2 Å². The minimum absolute atomic E-state index is 0.0442. The first kappa shape index (κ1) is 20.3. The highest BCUT2D eigenvalue weighted by Crippen LogP contribution is 2.48. The van der Waals surface area contributed by atoms with Gasteiger partial charge in [-0.2, -0.15) is 0 Å². The Morgan fingerprint density at radius 1 is 1.30 bits per heavy atom. The number of phenolic OH excluding ortho intramolecular Hbond substituents is 1. The van der Waals surface area contributed by atoms with Gasteiger partial charge < -0.3 is 35.6 Å². The van der Waals surface area contributed by atoms with Crippen molar-refractivity contribution in [2.75, 3.05) is 19.5 Å². The number of rotatable bonds is 5. The van der Waals surface area contributed by atoms with Crippen LogP contribution in [-0.2, 0) is 10.5 Å². The molecule has 1 fully saturated rings. The van der Waals surface area contributed by atoms with E-state index in [2.05, 4.69) is 15.0 Å². The molecule has 5 atom stereocenters. The number of nitrogens with two attached hydrogens (primary N) is 1. The Morgan fingerprint density at radius 3 is 2.73 bits per heavy atom. The maximum atomic E-state index is 11.1. The average Bonchev–Trinajstić information content (AvgIpc) is 3.29. The highest BCUT2D eigenvalue weighted by atomic mass is 16.6. The number of aromatic hydroxyl groups is 1. The van der Waals surface area contributed by atoms with E-state index in [1.165, 1.54) is 30.4 Å². The second-order valence-corrected chi connectivity index (χ2v) is 7.22. The van der Waals surface area contributed by atoms with Crippen molar-refractivity contribution < 1.29 is 29.9 Å². The lowest BCUT2D eigenvalue weighted by Gasteiger charge is -2.39. The lowest BCUT2D eigenvalue weighted by molar-refractivity contribution is -0.159. The molecule has 11 nitrogen and oxygen atoms in total. The number of anilines is 1. The monoisotopic (exact) mass is 417 g/mol. The summed E-state index contributed by atoms with van der Waals surface area (Å²) in [7, 11) is 1.43. The highest BCUT2D eigenvalue weighted by Gasteiger charge is 2.59. The van der Waals surface area contributed by atoms with E-state index in [-0.39, 0.29) is 17.3 Å². The Kier molecular flexibility index (Phi) is 4.98. The molecule has 3 heterocycles. The summed E-state index contributed by atoms with van der Waals surface area (Å²) in [5.41, 5.74) is 5.56. The third-order valence-electron chi connectivity index (χ3n) is 5.71. The number of methoxy groups -OCH3 is 1. The standard InChI is InChI=1S/C19H23N5O6/c1-9(10-3-4-11(26)12(5-10)29-2)19(16(28)15(27)13(6-25)30-19)24-8-23-14-17(20)21-7-22-18(14)24/h3-5,7-9,13,15-16,25-28H,6H2,1-2H3,(H2,20,21,22)/t9?,13-,15-,16-,19-/m1/s1. The fraction of sp³-hybridized carbons (Fsp3) is 0.421. The second kappa shape index (κ2) is 7.36. The molecule has 160 valence electrons. The van der Waals surface area contributed by atoms with Crippen molar-refractivity contribution in [1.82, 2.24) is 19.5 Å². The van der Waals surface area contributed by atoms with E-state index >= 15 is 0 Å². The number of nitrogens with zero attached hydrogens (tertiary/aromatic N) is 4. The van der Waals surface area contributed by atoms with Gasteiger partial charge in [0.15, 0.2) is 28.7 Å². The SMILES string of the molecule is COc1cc(C(C)[C@@]2(n3cnc4c(N)ncnc43)O[C@H](CO)[C@@H](O)[C@H]2O)ccc1O.